The van der Waals surface area contributed by atoms with Gasteiger partial charge in [0.1, 0.15) is 29.2 Å². The molecule has 1 aliphatic rings. The molecule has 3 amide bonds. The third-order valence-electron chi connectivity index (χ3n) is 4.47. The number of nitrogens with one attached hydrogen (secondary N) is 2. The minimum absolute atomic E-state index is 0.0137. The highest BCUT2D eigenvalue weighted by molar-refractivity contribution is 5.90. The fourth-order valence-corrected chi connectivity index (χ4v) is 3.11. The smallest absolute Gasteiger partial charge is 0.414 e. The third-order valence-corrected chi connectivity index (χ3v) is 4.47. The van der Waals surface area contributed by atoms with E-state index in [4.69, 9.17) is 9.47 Å². The van der Waals surface area contributed by atoms with Crippen molar-refractivity contribution in [2.75, 3.05) is 23.3 Å². The van der Waals surface area contributed by atoms with E-state index in [1.807, 2.05) is 0 Å². The summed E-state index contributed by atoms with van der Waals surface area (Å²) in [5.41, 5.74) is -0.902. The van der Waals surface area contributed by atoms with Crippen molar-refractivity contribution < 1.29 is 32.6 Å². The molecule has 176 valence electrons. The Morgan fingerprint density at radius 1 is 1.24 bits per heavy atom. The number of benzene rings is 1. The normalized spacial score (nSPS) is 15.8. The zero-order valence-corrected chi connectivity index (χ0v) is 18.6. The van der Waals surface area contributed by atoms with Crippen LogP contribution in [0, 0.1) is 11.6 Å². The first-order valence-corrected chi connectivity index (χ1v) is 10.1. The summed E-state index contributed by atoms with van der Waals surface area (Å²) in [6.45, 7) is 6.59. The molecule has 1 atom stereocenters. The molecule has 1 fully saturated rings. The molecule has 2 N–H and O–H groups in total. The summed E-state index contributed by atoms with van der Waals surface area (Å²) >= 11 is 0. The maximum Gasteiger partial charge on any atom is 0.414 e. The quantitative estimate of drug-likeness (QED) is 0.699. The van der Waals surface area contributed by atoms with Crippen LogP contribution in [0.15, 0.2) is 30.5 Å². The molecule has 33 heavy (non-hydrogen) atoms. The Morgan fingerprint density at radius 3 is 2.45 bits per heavy atom. The van der Waals surface area contributed by atoms with Gasteiger partial charge in [-0.2, -0.15) is 0 Å². The van der Waals surface area contributed by atoms with E-state index in [0.717, 1.165) is 17.0 Å². The number of halogens is 2. The molecule has 0 bridgehead atoms. The van der Waals surface area contributed by atoms with E-state index in [0.29, 0.717) is 0 Å². The van der Waals surface area contributed by atoms with Crippen LogP contribution in [0.2, 0.25) is 0 Å². The molecule has 9 nitrogen and oxygen atoms in total. The number of pyridine rings is 1. The summed E-state index contributed by atoms with van der Waals surface area (Å²) in [5, 5.41) is 4.96. The molecule has 2 heterocycles. The highest BCUT2D eigenvalue weighted by Gasteiger charge is 2.33. The summed E-state index contributed by atoms with van der Waals surface area (Å²) in [4.78, 5) is 40.1. The van der Waals surface area contributed by atoms with Crippen molar-refractivity contribution in [2.45, 2.75) is 39.4 Å². The van der Waals surface area contributed by atoms with E-state index in [2.05, 4.69) is 15.6 Å². The fraction of sp³-hybridized carbons (Fsp3) is 0.364. The number of anilines is 2. The summed E-state index contributed by atoms with van der Waals surface area (Å²) in [6.07, 6.45) is -0.905. The molecule has 1 saturated heterocycles. The number of amides is 3. The Balaban J connectivity index is 1.75. The number of rotatable bonds is 5. The zero-order valence-electron chi connectivity index (χ0n) is 18.6. The van der Waals surface area contributed by atoms with Gasteiger partial charge < -0.3 is 14.8 Å². The van der Waals surface area contributed by atoms with Gasteiger partial charge >= 0.3 is 12.2 Å². The molecule has 1 aromatic carbocycles. The number of aromatic nitrogens is 1. The first-order chi connectivity index (χ1) is 15.4. The second kappa shape index (κ2) is 9.39. The predicted octanol–water partition coefficient (Wildman–Crippen LogP) is 3.84. The van der Waals surface area contributed by atoms with Crippen molar-refractivity contribution in [3.8, 4) is 11.1 Å². The Morgan fingerprint density at radius 2 is 1.91 bits per heavy atom. The van der Waals surface area contributed by atoms with Crippen LogP contribution in [-0.2, 0) is 14.3 Å². The standard InChI is InChI=1S/C22H24F2N4O5/c1-12(29)25-10-15-11-28(21(31)32-15)14-7-16(23)19(17(24)8-14)13-5-6-18(26-9-13)27-20(30)33-22(2,3)4/h5-9,15H,10-11H2,1-4H3,(H,25,29)(H,26,27,30). The van der Waals surface area contributed by atoms with Crippen LogP contribution < -0.4 is 15.5 Å². The molecule has 0 saturated carbocycles. The first-order valence-electron chi connectivity index (χ1n) is 10.1. The van der Waals surface area contributed by atoms with Crippen molar-refractivity contribution in [3.05, 3.63) is 42.1 Å². The summed E-state index contributed by atoms with van der Waals surface area (Å²) < 4.78 is 39.9. The van der Waals surface area contributed by atoms with E-state index in [1.165, 1.54) is 25.3 Å². The largest absolute Gasteiger partial charge is 0.444 e. The van der Waals surface area contributed by atoms with Gasteiger partial charge in [-0.1, -0.05) is 0 Å². The Kier molecular flexibility index (Phi) is 6.80. The third kappa shape index (κ3) is 6.15. The van der Waals surface area contributed by atoms with Crippen molar-refractivity contribution in [1.82, 2.24) is 10.3 Å². The SMILES string of the molecule is CC(=O)NCC1CN(c2cc(F)c(-c3ccc(NC(=O)OC(C)(C)C)nc3)c(F)c2)C(=O)O1. The lowest BCUT2D eigenvalue weighted by atomic mass is 10.1. The van der Waals surface area contributed by atoms with Gasteiger partial charge in [0, 0.05) is 18.7 Å². The maximum atomic E-state index is 14.8. The molecular formula is C22H24F2N4O5. The van der Waals surface area contributed by atoms with Crippen LogP contribution in [0.5, 0.6) is 0 Å². The van der Waals surface area contributed by atoms with Gasteiger partial charge in [-0.3, -0.25) is 15.0 Å². The lowest BCUT2D eigenvalue weighted by Crippen LogP contribution is -2.33. The number of carbonyl (C=O) groups excluding carboxylic acids is 3. The second-order valence-corrected chi connectivity index (χ2v) is 8.40. The van der Waals surface area contributed by atoms with Crippen LogP contribution >= 0.6 is 0 Å². The summed E-state index contributed by atoms with van der Waals surface area (Å²) in [7, 11) is 0. The van der Waals surface area contributed by atoms with Crippen molar-refractivity contribution >= 4 is 29.6 Å². The Bertz CT molecular complexity index is 1050. The van der Waals surface area contributed by atoms with Crippen LogP contribution in [0.1, 0.15) is 27.7 Å². The number of hydrogen-bond acceptors (Lipinski definition) is 6. The number of cyclic esters (lactones) is 1. The van der Waals surface area contributed by atoms with Crippen LogP contribution in [0.25, 0.3) is 11.1 Å². The summed E-state index contributed by atoms with van der Waals surface area (Å²) in [5.74, 6) is -1.95. The van der Waals surface area contributed by atoms with Crippen LogP contribution in [-0.4, -0.2) is 47.9 Å². The van der Waals surface area contributed by atoms with E-state index in [9.17, 15) is 23.2 Å². The highest BCUT2D eigenvalue weighted by Crippen LogP contribution is 2.32. The minimum Gasteiger partial charge on any atom is -0.444 e. The molecule has 0 spiro atoms. The molecule has 11 heteroatoms. The van der Waals surface area contributed by atoms with E-state index in [-0.39, 0.29) is 41.6 Å². The van der Waals surface area contributed by atoms with E-state index >= 15 is 0 Å². The maximum absolute atomic E-state index is 14.8. The first kappa shape index (κ1) is 23.9. The number of ether oxygens (including phenoxy) is 2. The molecule has 1 aliphatic heterocycles. The Hall–Kier alpha value is -3.76. The monoisotopic (exact) mass is 462 g/mol. The lowest BCUT2D eigenvalue weighted by molar-refractivity contribution is -0.119. The molecular weight excluding hydrogens is 438 g/mol. The van der Waals surface area contributed by atoms with Crippen LogP contribution in [0.3, 0.4) is 0 Å². The topological polar surface area (TPSA) is 110 Å². The van der Waals surface area contributed by atoms with Crippen LogP contribution in [0.4, 0.5) is 29.9 Å². The van der Waals surface area contributed by atoms with Crippen molar-refractivity contribution in [2.24, 2.45) is 0 Å². The molecule has 0 aliphatic carbocycles. The number of carbonyl (C=O) groups is 3. The van der Waals surface area contributed by atoms with E-state index < -0.39 is 35.5 Å². The second-order valence-electron chi connectivity index (χ2n) is 8.40. The average Bonchev–Trinajstić information content (AvgIpc) is 3.06. The number of hydrogen-bond donors (Lipinski definition) is 2. The Labute approximate surface area is 189 Å². The number of nitrogens with zero attached hydrogens (tertiary/aromatic N) is 2. The molecule has 3 rings (SSSR count). The zero-order chi connectivity index (χ0) is 24.3. The molecule has 1 unspecified atom stereocenters. The van der Waals surface area contributed by atoms with Gasteiger partial charge in [-0.25, -0.2) is 23.4 Å². The lowest BCUT2D eigenvalue weighted by Gasteiger charge is -2.19. The summed E-state index contributed by atoms with van der Waals surface area (Å²) in [6, 6.07) is 4.82. The van der Waals surface area contributed by atoms with Gasteiger partial charge in [0.2, 0.25) is 5.91 Å². The molecule has 1 aromatic heterocycles. The minimum atomic E-state index is -0.905. The van der Waals surface area contributed by atoms with Gasteiger partial charge in [-0.05, 0) is 45.0 Å². The molecule has 2 aromatic rings. The van der Waals surface area contributed by atoms with Gasteiger partial charge in [0.05, 0.1) is 24.3 Å². The highest BCUT2D eigenvalue weighted by atomic mass is 19.1. The van der Waals surface area contributed by atoms with Crippen molar-refractivity contribution in [3.63, 3.8) is 0 Å². The fourth-order valence-electron chi connectivity index (χ4n) is 3.11. The molecule has 0 radical (unpaired) electrons. The predicted molar refractivity (Wildman–Crippen MR) is 116 cm³/mol. The van der Waals surface area contributed by atoms with Crippen molar-refractivity contribution in [1.29, 1.82) is 0 Å². The van der Waals surface area contributed by atoms with Gasteiger partial charge in [0.15, 0.2) is 0 Å². The average molecular weight is 462 g/mol. The van der Waals surface area contributed by atoms with Gasteiger partial charge in [-0.15, -0.1) is 0 Å². The van der Waals surface area contributed by atoms with Gasteiger partial charge in [0.25, 0.3) is 0 Å². The van der Waals surface area contributed by atoms with E-state index in [1.54, 1.807) is 20.8 Å².